The van der Waals surface area contributed by atoms with Crippen LogP contribution in [0.15, 0.2) is 12.3 Å². The Morgan fingerprint density at radius 2 is 1.85 bits per heavy atom. The number of carbonyl (C=O) groups excluding carboxylic acids is 2. The second kappa shape index (κ2) is 11.6. The molecule has 2 aromatic heterocycles. The minimum atomic E-state index is -4.74. The highest BCUT2D eigenvalue weighted by Gasteiger charge is 2.38. The van der Waals surface area contributed by atoms with Crippen molar-refractivity contribution < 1.29 is 27.3 Å². The number of carbonyl (C=O) groups is 2. The predicted octanol–water partition coefficient (Wildman–Crippen LogP) is 4.90. The summed E-state index contributed by atoms with van der Waals surface area (Å²) in [4.78, 5) is 38.6. The topological polar surface area (TPSA) is 101 Å². The summed E-state index contributed by atoms with van der Waals surface area (Å²) in [7, 11) is 0. The van der Waals surface area contributed by atoms with Crippen LogP contribution in [0.1, 0.15) is 72.8 Å². The summed E-state index contributed by atoms with van der Waals surface area (Å²) in [5.74, 6) is -0.247. The lowest BCUT2D eigenvalue weighted by Gasteiger charge is -2.33. The van der Waals surface area contributed by atoms with Gasteiger partial charge in [0.25, 0.3) is 11.8 Å². The number of amides is 2. The van der Waals surface area contributed by atoms with Crippen molar-refractivity contribution in [3.05, 3.63) is 28.5 Å². The molecule has 4 heterocycles. The normalized spacial score (nSPS) is 19.3. The minimum Gasteiger partial charge on any atom is -0.616 e. The van der Waals surface area contributed by atoms with Gasteiger partial charge in [-0.2, -0.15) is 13.2 Å². The molecule has 1 N–H and O–H groups in total. The largest absolute Gasteiger partial charge is 0.616 e. The minimum absolute atomic E-state index is 0.0242. The van der Waals surface area contributed by atoms with Crippen molar-refractivity contribution >= 4 is 40.1 Å². The number of aromatic nitrogens is 2. The van der Waals surface area contributed by atoms with E-state index in [9.17, 15) is 27.3 Å². The Kier molecular flexibility index (Phi) is 8.82. The second-order valence-electron chi connectivity index (χ2n) is 11.2. The standard InChI is InChI=1S/C26H34F3N5O3S2/c1-16-7-5-6-8-34(16)23(35)20-21(38-22(32-20)24(36)33-9-11-39(37)12-10-33)17-14-30-19(31-15-25(2,3)4)13-18(17)26(27,28)29/h13-14,16H,5-12,15H2,1-4H3,(H,30,31). The molecule has 0 spiro atoms. The Morgan fingerprint density at radius 1 is 1.15 bits per heavy atom. The third-order valence-corrected chi connectivity index (χ3v) is 9.15. The van der Waals surface area contributed by atoms with Crippen LogP contribution in [0.4, 0.5) is 19.0 Å². The van der Waals surface area contributed by atoms with E-state index in [0.29, 0.717) is 24.6 Å². The van der Waals surface area contributed by atoms with Gasteiger partial charge in [0.05, 0.1) is 23.5 Å². The van der Waals surface area contributed by atoms with E-state index in [0.717, 1.165) is 42.9 Å². The van der Waals surface area contributed by atoms with E-state index in [1.54, 1.807) is 4.90 Å². The van der Waals surface area contributed by atoms with Crippen LogP contribution < -0.4 is 5.32 Å². The number of nitrogens with zero attached hydrogens (tertiary/aromatic N) is 4. The average molecular weight is 586 g/mol. The van der Waals surface area contributed by atoms with Crippen molar-refractivity contribution in [3.63, 3.8) is 0 Å². The number of likely N-dealkylation sites (tertiary alicyclic amines) is 1. The zero-order chi connectivity index (χ0) is 28.5. The lowest BCUT2D eigenvalue weighted by Crippen LogP contribution is -2.44. The van der Waals surface area contributed by atoms with Gasteiger partial charge in [-0.3, -0.25) is 9.59 Å². The van der Waals surface area contributed by atoms with Gasteiger partial charge >= 0.3 is 6.18 Å². The van der Waals surface area contributed by atoms with E-state index in [1.165, 1.54) is 4.90 Å². The molecule has 2 fully saturated rings. The van der Waals surface area contributed by atoms with Crippen molar-refractivity contribution in [2.45, 2.75) is 59.2 Å². The first-order valence-electron chi connectivity index (χ1n) is 13.0. The van der Waals surface area contributed by atoms with Crippen molar-refractivity contribution in [3.8, 4) is 10.4 Å². The van der Waals surface area contributed by atoms with E-state index < -0.39 is 34.7 Å². The molecule has 2 aromatic rings. The molecule has 0 radical (unpaired) electrons. The van der Waals surface area contributed by atoms with Crippen LogP contribution in [-0.2, 0) is 17.4 Å². The summed E-state index contributed by atoms with van der Waals surface area (Å²) in [5.41, 5.74) is -1.59. The highest BCUT2D eigenvalue weighted by Crippen LogP contribution is 2.42. The summed E-state index contributed by atoms with van der Waals surface area (Å²) in [6, 6.07) is 0.848. The Balaban J connectivity index is 1.79. The van der Waals surface area contributed by atoms with Crippen molar-refractivity contribution in [2.75, 3.05) is 43.0 Å². The van der Waals surface area contributed by atoms with Crippen LogP contribution in [0.25, 0.3) is 10.4 Å². The molecule has 13 heteroatoms. The summed E-state index contributed by atoms with van der Waals surface area (Å²) < 4.78 is 54.8. The molecular formula is C26H34F3N5O3S2. The monoisotopic (exact) mass is 585 g/mol. The number of nitrogens with one attached hydrogen (secondary N) is 1. The number of pyridine rings is 1. The van der Waals surface area contributed by atoms with E-state index in [2.05, 4.69) is 15.3 Å². The molecule has 0 bridgehead atoms. The lowest BCUT2D eigenvalue weighted by molar-refractivity contribution is -0.137. The first-order valence-corrected chi connectivity index (χ1v) is 15.3. The van der Waals surface area contributed by atoms with Gasteiger partial charge in [0.1, 0.15) is 23.0 Å². The highest BCUT2D eigenvalue weighted by molar-refractivity contribution is 7.91. The summed E-state index contributed by atoms with van der Waals surface area (Å²) in [6.45, 7) is 9.16. The van der Waals surface area contributed by atoms with Gasteiger partial charge in [0.15, 0.2) is 5.01 Å². The quantitative estimate of drug-likeness (QED) is 0.501. The van der Waals surface area contributed by atoms with Gasteiger partial charge in [0.2, 0.25) is 0 Å². The first kappa shape index (κ1) is 29.6. The molecule has 39 heavy (non-hydrogen) atoms. The van der Waals surface area contributed by atoms with Crippen molar-refractivity contribution in [1.29, 1.82) is 0 Å². The zero-order valence-corrected chi connectivity index (χ0v) is 24.2. The van der Waals surface area contributed by atoms with E-state index in [1.807, 2.05) is 27.7 Å². The Labute approximate surface area is 233 Å². The maximum absolute atomic E-state index is 14.4. The summed E-state index contributed by atoms with van der Waals surface area (Å²) in [5, 5.41) is 2.90. The molecule has 0 saturated carbocycles. The molecule has 1 atom stereocenters. The first-order chi connectivity index (χ1) is 18.2. The number of halogens is 3. The molecular weight excluding hydrogens is 551 g/mol. The van der Waals surface area contributed by atoms with Crippen LogP contribution >= 0.6 is 11.3 Å². The molecule has 214 valence electrons. The van der Waals surface area contributed by atoms with Crippen LogP contribution in [-0.4, -0.2) is 79.9 Å². The average Bonchev–Trinajstić information content (AvgIpc) is 3.32. The molecule has 2 amide bonds. The number of piperidine rings is 1. The zero-order valence-electron chi connectivity index (χ0n) is 22.6. The van der Waals surface area contributed by atoms with Crippen LogP contribution in [0.3, 0.4) is 0 Å². The van der Waals surface area contributed by atoms with Gasteiger partial charge in [-0.1, -0.05) is 31.9 Å². The molecule has 2 aliphatic heterocycles. The number of rotatable bonds is 5. The van der Waals surface area contributed by atoms with Crippen LogP contribution in [0.5, 0.6) is 0 Å². The van der Waals surface area contributed by atoms with Crippen LogP contribution in [0, 0.1) is 5.41 Å². The van der Waals surface area contributed by atoms with E-state index in [4.69, 9.17) is 0 Å². The van der Waals surface area contributed by atoms with Gasteiger partial charge in [-0.15, -0.1) is 11.3 Å². The maximum Gasteiger partial charge on any atom is 0.417 e. The summed E-state index contributed by atoms with van der Waals surface area (Å²) >= 11 is -0.235. The third-order valence-electron chi connectivity index (χ3n) is 6.80. The van der Waals surface area contributed by atoms with Gasteiger partial charge in [0, 0.05) is 30.9 Å². The SMILES string of the molecule is CC1CCCCN1C(=O)c1nc(C(=O)N2CC[S+]([O-])CC2)sc1-c1cnc(NCC(C)(C)C)cc1C(F)(F)F. The maximum atomic E-state index is 14.4. The summed E-state index contributed by atoms with van der Waals surface area (Å²) in [6.07, 6.45) is -1.10. The Morgan fingerprint density at radius 3 is 2.46 bits per heavy atom. The molecule has 2 saturated heterocycles. The predicted molar refractivity (Wildman–Crippen MR) is 146 cm³/mol. The fourth-order valence-corrected chi connectivity index (χ4v) is 6.68. The number of anilines is 1. The van der Waals surface area contributed by atoms with Gasteiger partial charge in [-0.05, 0) is 37.7 Å². The van der Waals surface area contributed by atoms with Crippen LogP contribution in [0.2, 0.25) is 0 Å². The molecule has 0 aromatic carbocycles. The van der Waals surface area contributed by atoms with E-state index >= 15 is 0 Å². The van der Waals surface area contributed by atoms with Crippen molar-refractivity contribution in [2.24, 2.45) is 5.41 Å². The number of thiazole rings is 1. The molecule has 4 rings (SSSR count). The second-order valence-corrected chi connectivity index (χ2v) is 13.9. The smallest absolute Gasteiger partial charge is 0.417 e. The van der Waals surface area contributed by atoms with Gasteiger partial charge in [-0.25, -0.2) is 9.97 Å². The van der Waals surface area contributed by atoms with E-state index in [-0.39, 0.29) is 51.5 Å². The molecule has 8 nitrogen and oxygen atoms in total. The Bertz CT molecular complexity index is 1210. The molecule has 1 unspecified atom stereocenters. The number of hydrogen-bond donors (Lipinski definition) is 1. The van der Waals surface area contributed by atoms with Gasteiger partial charge < -0.3 is 19.7 Å². The molecule has 0 aliphatic carbocycles. The fraction of sp³-hybridized carbons (Fsp3) is 0.615. The highest BCUT2D eigenvalue weighted by atomic mass is 32.2. The number of alkyl halides is 3. The lowest BCUT2D eigenvalue weighted by atomic mass is 9.97. The number of hydrogen-bond acceptors (Lipinski definition) is 7. The van der Waals surface area contributed by atoms with Crippen molar-refractivity contribution in [1.82, 2.24) is 19.8 Å². The Hall–Kier alpha value is -2.38. The third kappa shape index (κ3) is 7.04. The molecule has 2 aliphatic rings. The fourth-order valence-electron chi connectivity index (χ4n) is 4.57.